The van der Waals surface area contributed by atoms with E-state index in [2.05, 4.69) is 21.4 Å². The van der Waals surface area contributed by atoms with Gasteiger partial charge in [0.2, 0.25) is 17.7 Å². The van der Waals surface area contributed by atoms with Gasteiger partial charge in [-0.25, -0.2) is 4.98 Å². The van der Waals surface area contributed by atoms with Gasteiger partial charge in [0.25, 0.3) is 0 Å². The second-order valence-corrected chi connectivity index (χ2v) is 7.68. The molecule has 9 heteroatoms. The number of nitrogens with zero attached hydrogens (tertiary/aromatic N) is 3. The number of likely N-dealkylation sites (N-methyl/N-ethyl adjacent to an activating group) is 1. The summed E-state index contributed by atoms with van der Waals surface area (Å²) in [7, 11) is 0. The van der Waals surface area contributed by atoms with E-state index in [0.29, 0.717) is 36.7 Å². The lowest BCUT2D eigenvalue weighted by molar-refractivity contribution is -0.133. The molecular weight excluding hydrogens is 420 g/mol. The first-order valence-electron chi connectivity index (χ1n) is 10.8. The Morgan fingerprint density at radius 3 is 2.70 bits per heavy atom. The van der Waals surface area contributed by atoms with Gasteiger partial charge in [-0.1, -0.05) is 6.92 Å². The summed E-state index contributed by atoms with van der Waals surface area (Å²) in [6.07, 6.45) is 4.23. The topological polar surface area (TPSA) is 137 Å². The number of nitriles is 1. The molecule has 4 N–H and O–H groups in total. The molecule has 0 aliphatic carbocycles. The summed E-state index contributed by atoms with van der Waals surface area (Å²) >= 11 is 0. The molecule has 3 rings (SSSR count). The molecule has 2 amide bonds. The maximum absolute atomic E-state index is 12.9. The zero-order valence-corrected chi connectivity index (χ0v) is 19.0. The Morgan fingerprint density at radius 2 is 2.09 bits per heavy atom. The SMILES string of the molecule is CCC(C#N)N(CC)C(=O)C(N)Cc1c[nH]c2ccc(Oc3ccc(NC(C)=O)cn3)cc12. The van der Waals surface area contributed by atoms with Gasteiger partial charge < -0.3 is 25.7 Å². The smallest absolute Gasteiger partial charge is 0.240 e. The van der Waals surface area contributed by atoms with Crippen LogP contribution in [0.1, 0.15) is 32.8 Å². The molecule has 0 aliphatic heterocycles. The van der Waals surface area contributed by atoms with Gasteiger partial charge in [-0.15, -0.1) is 0 Å². The largest absolute Gasteiger partial charge is 0.439 e. The number of carbonyl (C=O) groups excluding carboxylic acids is 2. The van der Waals surface area contributed by atoms with Crippen molar-refractivity contribution in [3.8, 4) is 17.7 Å². The molecule has 0 saturated carbocycles. The number of carbonyl (C=O) groups is 2. The van der Waals surface area contributed by atoms with Crippen LogP contribution >= 0.6 is 0 Å². The van der Waals surface area contributed by atoms with Crippen molar-refractivity contribution in [1.29, 1.82) is 5.26 Å². The molecule has 172 valence electrons. The minimum Gasteiger partial charge on any atom is -0.439 e. The van der Waals surface area contributed by atoms with Crippen LogP contribution in [0.2, 0.25) is 0 Å². The third kappa shape index (κ3) is 5.67. The van der Waals surface area contributed by atoms with E-state index in [-0.39, 0.29) is 11.8 Å². The molecule has 9 nitrogen and oxygen atoms in total. The normalized spacial score (nSPS) is 12.6. The van der Waals surface area contributed by atoms with Crippen LogP contribution in [-0.4, -0.2) is 45.3 Å². The number of benzene rings is 1. The zero-order chi connectivity index (χ0) is 24.0. The van der Waals surface area contributed by atoms with E-state index in [0.717, 1.165) is 16.5 Å². The number of fused-ring (bicyclic) bond motifs is 1. The van der Waals surface area contributed by atoms with Gasteiger partial charge in [0, 0.05) is 36.6 Å². The number of anilines is 1. The van der Waals surface area contributed by atoms with E-state index in [1.807, 2.05) is 38.2 Å². The van der Waals surface area contributed by atoms with Crippen LogP contribution < -0.4 is 15.8 Å². The standard InChI is InChI=1S/C24H28N6O3/c1-4-18(12-25)30(5-2)24(32)21(26)10-16-13-27-22-8-7-19(11-20(16)22)33-23-9-6-17(14-28-23)29-15(3)31/h6-9,11,13-14,18,21,27H,4-5,10,26H2,1-3H3,(H,29,31). The molecule has 2 aromatic heterocycles. The molecule has 0 fully saturated rings. The highest BCUT2D eigenvalue weighted by atomic mass is 16.5. The van der Waals surface area contributed by atoms with Crippen molar-refractivity contribution >= 4 is 28.4 Å². The third-order valence-electron chi connectivity index (χ3n) is 5.31. The molecule has 0 aliphatic rings. The molecule has 2 heterocycles. The van der Waals surface area contributed by atoms with Gasteiger partial charge in [0.05, 0.1) is 24.0 Å². The number of pyridine rings is 1. The maximum Gasteiger partial charge on any atom is 0.240 e. The van der Waals surface area contributed by atoms with Gasteiger partial charge in [0.1, 0.15) is 11.8 Å². The molecular formula is C24H28N6O3. The number of amides is 2. The van der Waals surface area contributed by atoms with Crippen molar-refractivity contribution in [1.82, 2.24) is 14.9 Å². The van der Waals surface area contributed by atoms with Crippen LogP contribution in [0.5, 0.6) is 11.6 Å². The van der Waals surface area contributed by atoms with Crippen LogP contribution in [0.3, 0.4) is 0 Å². The maximum atomic E-state index is 12.9. The first-order chi connectivity index (χ1) is 15.9. The fourth-order valence-electron chi connectivity index (χ4n) is 3.68. The lowest BCUT2D eigenvalue weighted by Gasteiger charge is -2.27. The van der Waals surface area contributed by atoms with Gasteiger partial charge in [-0.05, 0) is 49.6 Å². The van der Waals surface area contributed by atoms with E-state index < -0.39 is 12.1 Å². The molecule has 0 saturated heterocycles. The first kappa shape index (κ1) is 23.8. The minimum atomic E-state index is -0.765. The molecule has 0 bridgehead atoms. The summed E-state index contributed by atoms with van der Waals surface area (Å²) in [6.45, 7) is 5.58. The van der Waals surface area contributed by atoms with E-state index in [9.17, 15) is 14.9 Å². The molecule has 2 atom stereocenters. The lowest BCUT2D eigenvalue weighted by Crippen LogP contribution is -2.48. The number of rotatable bonds is 9. The number of hydrogen-bond acceptors (Lipinski definition) is 6. The molecule has 33 heavy (non-hydrogen) atoms. The highest BCUT2D eigenvalue weighted by Gasteiger charge is 2.26. The van der Waals surface area contributed by atoms with Crippen LogP contribution in [-0.2, 0) is 16.0 Å². The number of nitrogens with one attached hydrogen (secondary N) is 2. The Balaban J connectivity index is 1.76. The van der Waals surface area contributed by atoms with E-state index in [4.69, 9.17) is 10.5 Å². The van der Waals surface area contributed by atoms with Crippen molar-refractivity contribution in [2.75, 3.05) is 11.9 Å². The average Bonchev–Trinajstić information content (AvgIpc) is 3.19. The quantitative estimate of drug-likeness (QED) is 0.459. The fourth-order valence-corrected chi connectivity index (χ4v) is 3.68. The Hall–Kier alpha value is -3.90. The van der Waals surface area contributed by atoms with Crippen LogP contribution in [0.4, 0.5) is 5.69 Å². The Morgan fingerprint density at radius 1 is 1.30 bits per heavy atom. The van der Waals surface area contributed by atoms with Crippen molar-refractivity contribution in [2.24, 2.45) is 5.73 Å². The summed E-state index contributed by atoms with van der Waals surface area (Å²) < 4.78 is 5.86. The molecule has 0 radical (unpaired) electrons. The second-order valence-electron chi connectivity index (χ2n) is 7.68. The number of nitrogens with two attached hydrogens (primary N) is 1. The minimum absolute atomic E-state index is 0.174. The summed E-state index contributed by atoms with van der Waals surface area (Å²) in [5.74, 6) is 0.547. The molecule has 3 aromatic rings. The van der Waals surface area contributed by atoms with Crippen LogP contribution in [0.25, 0.3) is 10.9 Å². The highest BCUT2D eigenvalue weighted by Crippen LogP contribution is 2.28. The van der Waals surface area contributed by atoms with Crippen molar-refractivity contribution in [3.05, 3.63) is 48.3 Å². The Kier molecular flexibility index (Phi) is 7.64. The first-order valence-corrected chi connectivity index (χ1v) is 10.8. The summed E-state index contributed by atoms with van der Waals surface area (Å²) in [5, 5.41) is 12.9. The van der Waals surface area contributed by atoms with Gasteiger partial charge in [-0.3, -0.25) is 9.59 Å². The van der Waals surface area contributed by atoms with Crippen molar-refractivity contribution < 1.29 is 14.3 Å². The fraction of sp³-hybridized carbons (Fsp3) is 0.333. The van der Waals surface area contributed by atoms with Gasteiger partial charge in [0.15, 0.2) is 0 Å². The Labute approximate surface area is 192 Å². The van der Waals surface area contributed by atoms with Crippen molar-refractivity contribution in [2.45, 2.75) is 45.7 Å². The van der Waals surface area contributed by atoms with E-state index in [1.54, 1.807) is 12.1 Å². The summed E-state index contributed by atoms with van der Waals surface area (Å²) in [6, 6.07) is 9.86. The van der Waals surface area contributed by atoms with Gasteiger partial charge >= 0.3 is 0 Å². The van der Waals surface area contributed by atoms with E-state index >= 15 is 0 Å². The van der Waals surface area contributed by atoms with Crippen LogP contribution in [0, 0.1) is 11.3 Å². The third-order valence-corrected chi connectivity index (χ3v) is 5.31. The van der Waals surface area contributed by atoms with Crippen LogP contribution in [0.15, 0.2) is 42.7 Å². The number of hydrogen-bond donors (Lipinski definition) is 3. The molecule has 1 aromatic carbocycles. The predicted molar refractivity (Wildman–Crippen MR) is 126 cm³/mol. The number of aromatic amines is 1. The zero-order valence-electron chi connectivity index (χ0n) is 19.0. The number of aromatic nitrogens is 2. The molecule has 0 spiro atoms. The number of H-pyrrole nitrogens is 1. The van der Waals surface area contributed by atoms with Gasteiger partial charge in [-0.2, -0.15) is 5.26 Å². The lowest BCUT2D eigenvalue weighted by atomic mass is 10.0. The highest BCUT2D eigenvalue weighted by molar-refractivity contribution is 5.88. The van der Waals surface area contributed by atoms with E-state index in [1.165, 1.54) is 18.0 Å². The Bertz CT molecular complexity index is 1170. The number of ether oxygens (including phenoxy) is 1. The molecule has 2 unspecified atom stereocenters. The average molecular weight is 449 g/mol. The second kappa shape index (κ2) is 10.6. The predicted octanol–water partition coefficient (Wildman–Crippen LogP) is 3.33. The summed E-state index contributed by atoms with van der Waals surface area (Å²) in [4.78, 5) is 32.9. The monoisotopic (exact) mass is 448 g/mol. The van der Waals surface area contributed by atoms with Crippen molar-refractivity contribution in [3.63, 3.8) is 0 Å². The summed E-state index contributed by atoms with van der Waals surface area (Å²) in [5.41, 5.74) is 8.60.